The summed E-state index contributed by atoms with van der Waals surface area (Å²) in [6.07, 6.45) is 1.45. The van der Waals surface area contributed by atoms with Gasteiger partial charge >= 0.3 is 0 Å². The highest BCUT2D eigenvalue weighted by atomic mass is 32.2. The molecule has 4 aromatic rings. The molecule has 0 radical (unpaired) electrons. The van der Waals surface area contributed by atoms with Crippen LogP contribution in [0.2, 0.25) is 0 Å². The van der Waals surface area contributed by atoms with Gasteiger partial charge in [0.2, 0.25) is 0 Å². The van der Waals surface area contributed by atoms with Gasteiger partial charge in [-0.15, -0.1) is 0 Å². The SMILES string of the molecule is COc1ccc(OCc2ccc(/C=N/NC(=O)CSc3nc4ccccc4n3C)o2)cc1. The largest absolute Gasteiger partial charge is 0.497 e. The minimum Gasteiger partial charge on any atom is -0.497 e. The highest BCUT2D eigenvalue weighted by Gasteiger charge is 2.10. The van der Waals surface area contributed by atoms with Crippen molar-refractivity contribution in [3.8, 4) is 11.5 Å². The number of aryl methyl sites for hydroxylation is 1. The summed E-state index contributed by atoms with van der Waals surface area (Å²) < 4.78 is 18.4. The Morgan fingerprint density at radius 1 is 1.16 bits per heavy atom. The zero-order valence-corrected chi connectivity index (χ0v) is 18.5. The summed E-state index contributed by atoms with van der Waals surface area (Å²) in [4.78, 5) is 16.6. The van der Waals surface area contributed by atoms with Gasteiger partial charge in [0.05, 0.1) is 30.1 Å². The van der Waals surface area contributed by atoms with Crippen molar-refractivity contribution in [2.45, 2.75) is 11.8 Å². The lowest BCUT2D eigenvalue weighted by atomic mass is 10.3. The Labute approximate surface area is 189 Å². The molecule has 0 fully saturated rings. The van der Waals surface area contributed by atoms with Gasteiger partial charge in [-0.3, -0.25) is 4.79 Å². The van der Waals surface area contributed by atoms with Gasteiger partial charge in [-0.2, -0.15) is 5.10 Å². The maximum absolute atomic E-state index is 12.1. The van der Waals surface area contributed by atoms with Gasteiger partial charge in [0.1, 0.15) is 29.6 Å². The summed E-state index contributed by atoms with van der Waals surface area (Å²) >= 11 is 1.36. The molecule has 32 heavy (non-hydrogen) atoms. The van der Waals surface area contributed by atoms with Crippen LogP contribution >= 0.6 is 11.8 Å². The first kappa shape index (κ1) is 21.5. The average Bonchev–Trinajstić information content (AvgIpc) is 3.41. The van der Waals surface area contributed by atoms with Crippen LogP contribution in [0.1, 0.15) is 11.5 Å². The smallest absolute Gasteiger partial charge is 0.250 e. The van der Waals surface area contributed by atoms with Gasteiger partial charge in [-0.25, -0.2) is 10.4 Å². The summed E-state index contributed by atoms with van der Waals surface area (Å²) in [6.45, 7) is 0.279. The maximum atomic E-state index is 12.1. The van der Waals surface area contributed by atoms with Gasteiger partial charge in [0, 0.05) is 7.05 Å². The van der Waals surface area contributed by atoms with Crippen molar-refractivity contribution in [2.24, 2.45) is 12.1 Å². The van der Waals surface area contributed by atoms with Crippen LogP contribution in [0.25, 0.3) is 11.0 Å². The Hall–Kier alpha value is -3.72. The van der Waals surface area contributed by atoms with E-state index in [-0.39, 0.29) is 18.3 Å². The topological polar surface area (TPSA) is 90.9 Å². The molecule has 2 heterocycles. The molecule has 0 unspecified atom stereocenters. The number of imidazole rings is 1. The van der Waals surface area contributed by atoms with Gasteiger partial charge in [-0.1, -0.05) is 23.9 Å². The van der Waals surface area contributed by atoms with Gasteiger partial charge in [0.25, 0.3) is 5.91 Å². The summed E-state index contributed by atoms with van der Waals surface area (Å²) in [5, 5.41) is 4.73. The van der Waals surface area contributed by atoms with Crippen molar-refractivity contribution in [1.29, 1.82) is 0 Å². The van der Waals surface area contributed by atoms with Crippen LogP contribution in [0, 0.1) is 0 Å². The van der Waals surface area contributed by atoms with Crippen LogP contribution in [0.5, 0.6) is 11.5 Å². The molecule has 2 aromatic carbocycles. The fourth-order valence-electron chi connectivity index (χ4n) is 2.95. The van der Waals surface area contributed by atoms with E-state index in [4.69, 9.17) is 13.9 Å². The zero-order valence-electron chi connectivity index (χ0n) is 17.6. The van der Waals surface area contributed by atoms with E-state index < -0.39 is 0 Å². The number of methoxy groups -OCH3 is 1. The third kappa shape index (κ3) is 5.30. The number of furan rings is 1. The summed E-state index contributed by atoms with van der Waals surface area (Å²) in [7, 11) is 3.55. The Morgan fingerprint density at radius 2 is 1.94 bits per heavy atom. The normalized spacial score (nSPS) is 11.2. The molecule has 0 atom stereocenters. The van der Waals surface area contributed by atoms with Crippen molar-refractivity contribution in [1.82, 2.24) is 15.0 Å². The van der Waals surface area contributed by atoms with Crippen molar-refractivity contribution in [3.05, 3.63) is 72.2 Å². The second-order valence-corrected chi connectivity index (χ2v) is 7.73. The standard InChI is InChI=1S/C23H22N4O4S/c1-27-21-6-4-3-5-20(21)25-23(27)32-15-22(28)26-24-13-18-11-12-19(31-18)14-30-17-9-7-16(29-2)8-10-17/h3-13H,14-15H2,1-2H3,(H,26,28)/b24-13+. The number of aromatic nitrogens is 2. The minimum atomic E-state index is -0.229. The summed E-state index contributed by atoms with van der Waals surface area (Å²) in [5.74, 6) is 2.61. The molecule has 0 bridgehead atoms. The average molecular weight is 451 g/mol. The Bertz CT molecular complexity index is 1230. The van der Waals surface area contributed by atoms with Crippen molar-refractivity contribution < 1.29 is 18.7 Å². The molecule has 0 aliphatic heterocycles. The number of hydrazone groups is 1. The first-order chi connectivity index (χ1) is 15.6. The number of carbonyl (C=O) groups excluding carboxylic acids is 1. The van der Waals surface area contributed by atoms with E-state index in [0.717, 1.165) is 21.9 Å². The van der Waals surface area contributed by atoms with E-state index in [0.29, 0.717) is 17.3 Å². The Morgan fingerprint density at radius 3 is 2.72 bits per heavy atom. The zero-order chi connectivity index (χ0) is 22.3. The number of ether oxygens (including phenoxy) is 2. The van der Waals surface area contributed by atoms with Gasteiger partial charge < -0.3 is 18.5 Å². The highest BCUT2D eigenvalue weighted by molar-refractivity contribution is 7.99. The van der Waals surface area contributed by atoms with E-state index in [1.807, 2.05) is 60.1 Å². The number of hydrogen-bond donors (Lipinski definition) is 1. The first-order valence-electron chi connectivity index (χ1n) is 9.84. The van der Waals surface area contributed by atoms with Crippen molar-refractivity contribution >= 4 is 34.9 Å². The molecule has 0 aliphatic rings. The van der Waals surface area contributed by atoms with Crippen LogP contribution < -0.4 is 14.9 Å². The third-order valence-corrected chi connectivity index (χ3v) is 5.61. The van der Waals surface area contributed by atoms with E-state index in [1.165, 1.54) is 18.0 Å². The molecule has 1 N–H and O–H groups in total. The van der Waals surface area contributed by atoms with E-state index in [9.17, 15) is 4.79 Å². The fourth-order valence-corrected chi connectivity index (χ4v) is 3.73. The Balaban J connectivity index is 1.23. The number of rotatable bonds is 9. The minimum absolute atomic E-state index is 0.202. The second kappa shape index (κ2) is 10.1. The number of nitrogens with one attached hydrogen (secondary N) is 1. The van der Waals surface area contributed by atoms with E-state index >= 15 is 0 Å². The van der Waals surface area contributed by atoms with E-state index in [1.54, 1.807) is 19.2 Å². The number of fused-ring (bicyclic) bond motifs is 1. The van der Waals surface area contributed by atoms with Crippen LogP contribution in [-0.4, -0.2) is 34.5 Å². The quantitative estimate of drug-likeness (QED) is 0.236. The fraction of sp³-hybridized carbons (Fsp3) is 0.174. The molecular formula is C23H22N4O4S. The predicted molar refractivity (Wildman–Crippen MR) is 123 cm³/mol. The van der Waals surface area contributed by atoms with Crippen LogP contribution in [0.15, 0.2) is 75.3 Å². The lowest BCUT2D eigenvalue weighted by molar-refractivity contribution is -0.118. The van der Waals surface area contributed by atoms with Crippen LogP contribution in [-0.2, 0) is 18.4 Å². The Kier molecular flexibility index (Phi) is 6.76. The number of para-hydroxylation sites is 2. The molecule has 2 aromatic heterocycles. The summed E-state index contributed by atoms with van der Waals surface area (Å²) in [5.41, 5.74) is 4.43. The maximum Gasteiger partial charge on any atom is 0.250 e. The lowest BCUT2D eigenvalue weighted by Gasteiger charge is -2.05. The van der Waals surface area contributed by atoms with Crippen LogP contribution in [0.4, 0.5) is 0 Å². The number of hydrogen-bond acceptors (Lipinski definition) is 7. The van der Waals surface area contributed by atoms with Gasteiger partial charge in [-0.05, 0) is 48.5 Å². The molecule has 0 aliphatic carbocycles. The molecule has 0 saturated carbocycles. The molecule has 164 valence electrons. The molecule has 4 rings (SSSR count). The third-order valence-electron chi connectivity index (χ3n) is 4.58. The predicted octanol–water partition coefficient (Wildman–Crippen LogP) is 4.00. The molecule has 8 nitrogen and oxygen atoms in total. The molecule has 1 amide bonds. The van der Waals surface area contributed by atoms with Crippen molar-refractivity contribution in [2.75, 3.05) is 12.9 Å². The highest BCUT2D eigenvalue weighted by Crippen LogP contribution is 2.22. The number of nitrogens with zero attached hydrogens (tertiary/aromatic N) is 3. The first-order valence-corrected chi connectivity index (χ1v) is 10.8. The second-order valence-electron chi connectivity index (χ2n) is 6.79. The molecular weight excluding hydrogens is 428 g/mol. The summed E-state index contributed by atoms with van der Waals surface area (Å²) in [6, 6.07) is 18.7. The monoisotopic (exact) mass is 450 g/mol. The van der Waals surface area contributed by atoms with E-state index in [2.05, 4.69) is 15.5 Å². The number of thioether (sulfide) groups is 1. The number of benzene rings is 2. The molecule has 0 spiro atoms. The van der Waals surface area contributed by atoms with Crippen LogP contribution in [0.3, 0.4) is 0 Å². The van der Waals surface area contributed by atoms with Gasteiger partial charge in [0.15, 0.2) is 5.16 Å². The lowest BCUT2D eigenvalue weighted by Crippen LogP contribution is -2.19. The number of carbonyl (C=O) groups is 1. The number of amides is 1. The molecule has 9 heteroatoms. The molecule has 0 saturated heterocycles. The van der Waals surface area contributed by atoms with Crippen molar-refractivity contribution in [3.63, 3.8) is 0 Å².